The predicted octanol–water partition coefficient (Wildman–Crippen LogP) is 3.33. The van der Waals surface area contributed by atoms with Crippen molar-refractivity contribution < 1.29 is 14.4 Å². The maximum atomic E-state index is 12.8. The minimum atomic E-state index is -0.265. The van der Waals surface area contributed by atoms with E-state index in [0.717, 1.165) is 17.0 Å². The first-order valence-electron chi connectivity index (χ1n) is 9.46. The quantitative estimate of drug-likeness (QED) is 0.659. The van der Waals surface area contributed by atoms with Crippen LogP contribution in [0.3, 0.4) is 0 Å². The number of aromatic nitrogens is 1. The number of rotatable bonds is 3. The van der Waals surface area contributed by atoms with Crippen molar-refractivity contribution in [2.24, 2.45) is 11.8 Å². The van der Waals surface area contributed by atoms with Crippen molar-refractivity contribution >= 4 is 23.4 Å². The minimum absolute atomic E-state index is 0.141. The smallest absolute Gasteiger partial charge is 0.270 e. The molecule has 1 saturated heterocycles. The number of nitrogens with zero attached hydrogens (tertiary/aromatic N) is 2. The zero-order chi connectivity index (χ0) is 20.0. The Kier molecular flexibility index (Phi) is 4.41. The van der Waals surface area contributed by atoms with Gasteiger partial charge in [0.15, 0.2) is 0 Å². The molecule has 1 aromatic carbocycles. The molecule has 28 heavy (non-hydrogen) atoms. The number of nitrogens with one attached hydrogen (secondary N) is 1. The fraction of sp³-hybridized carbons (Fsp3) is 0.318. The maximum absolute atomic E-state index is 12.8. The number of benzene rings is 1. The fourth-order valence-electron chi connectivity index (χ4n) is 4.06. The lowest BCUT2D eigenvalue weighted by Crippen LogP contribution is -2.31. The first-order valence-corrected chi connectivity index (χ1v) is 9.46. The van der Waals surface area contributed by atoms with Crippen LogP contribution < -0.4 is 10.3 Å². The third-order valence-electron chi connectivity index (χ3n) is 5.70. The van der Waals surface area contributed by atoms with Gasteiger partial charge in [-0.1, -0.05) is 11.6 Å². The Morgan fingerprint density at radius 2 is 1.54 bits per heavy atom. The maximum Gasteiger partial charge on any atom is 0.270 e. The van der Waals surface area contributed by atoms with Gasteiger partial charge in [-0.3, -0.25) is 29.4 Å². The molecule has 0 saturated carbocycles. The highest BCUT2D eigenvalue weighted by Gasteiger charge is 2.48. The molecular formula is C22H23N3O3. The summed E-state index contributed by atoms with van der Waals surface area (Å²) in [6.45, 7) is 5.83. The van der Waals surface area contributed by atoms with E-state index >= 15 is 0 Å². The highest BCUT2D eigenvalue weighted by atomic mass is 16.2. The van der Waals surface area contributed by atoms with E-state index in [2.05, 4.69) is 11.5 Å². The first kappa shape index (κ1) is 18.2. The first-order chi connectivity index (χ1) is 13.4. The van der Waals surface area contributed by atoms with E-state index in [0.29, 0.717) is 24.1 Å². The van der Waals surface area contributed by atoms with E-state index in [1.807, 2.05) is 32.9 Å². The molecule has 3 amide bonds. The Labute approximate surface area is 163 Å². The van der Waals surface area contributed by atoms with Gasteiger partial charge in [-0.2, -0.15) is 0 Å². The molecule has 6 heteroatoms. The molecule has 6 nitrogen and oxygen atoms in total. The molecule has 1 N–H and O–H groups in total. The largest absolute Gasteiger partial charge is 0.274 e. The molecule has 1 aromatic heterocycles. The predicted molar refractivity (Wildman–Crippen MR) is 107 cm³/mol. The zero-order valence-electron chi connectivity index (χ0n) is 16.2. The van der Waals surface area contributed by atoms with Crippen molar-refractivity contribution in [1.29, 1.82) is 0 Å². The van der Waals surface area contributed by atoms with Gasteiger partial charge in [-0.05, 0) is 70.0 Å². The third-order valence-corrected chi connectivity index (χ3v) is 5.70. The fourth-order valence-corrected chi connectivity index (χ4v) is 4.06. The van der Waals surface area contributed by atoms with Crippen LogP contribution in [0.15, 0.2) is 48.0 Å². The van der Waals surface area contributed by atoms with E-state index in [4.69, 9.17) is 0 Å². The summed E-state index contributed by atoms with van der Waals surface area (Å²) in [5, 5.41) is 0. The molecule has 4 rings (SSSR count). The molecule has 2 atom stereocenters. The number of aryl methyl sites for hydroxylation is 2. The zero-order valence-corrected chi connectivity index (χ0v) is 16.2. The van der Waals surface area contributed by atoms with E-state index in [1.54, 1.807) is 28.9 Å². The Balaban J connectivity index is 1.53. The highest BCUT2D eigenvalue weighted by molar-refractivity contribution is 6.22. The second kappa shape index (κ2) is 6.78. The third kappa shape index (κ3) is 2.95. The van der Waals surface area contributed by atoms with Crippen LogP contribution in [0.5, 0.6) is 0 Å². The molecule has 1 aliphatic carbocycles. The van der Waals surface area contributed by atoms with Crippen LogP contribution in [-0.2, 0) is 9.59 Å². The number of hydrogen-bond acceptors (Lipinski definition) is 3. The number of carbonyl (C=O) groups is 3. The van der Waals surface area contributed by atoms with Crippen LogP contribution in [-0.4, -0.2) is 22.4 Å². The molecule has 0 spiro atoms. The molecule has 0 radical (unpaired) electrons. The van der Waals surface area contributed by atoms with Crippen LogP contribution in [0.2, 0.25) is 0 Å². The monoisotopic (exact) mass is 377 g/mol. The van der Waals surface area contributed by atoms with Gasteiger partial charge in [0.1, 0.15) is 0 Å². The van der Waals surface area contributed by atoms with Crippen LogP contribution in [0.1, 0.15) is 41.5 Å². The molecule has 2 aliphatic rings. The Bertz CT molecular complexity index is 981. The molecule has 0 unspecified atom stereocenters. The SMILES string of the molecule is CC1=CC[C@@H]2C(=O)N(c3ccc(C(=O)Nn4c(C)ccc4C)cc3)C(=O)[C@@H]2C1. The van der Waals surface area contributed by atoms with Gasteiger partial charge in [0.2, 0.25) is 11.8 Å². The Morgan fingerprint density at radius 1 is 0.929 bits per heavy atom. The van der Waals surface area contributed by atoms with E-state index < -0.39 is 0 Å². The van der Waals surface area contributed by atoms with Gasteiger partial charge >= 0.3 is 0 Å². The Hall–Kier alpha value is -3.15. The van der Waals surface area contributed by atoms with E-state index in [9.17, 15) is 14.4 Å². The van der Waals surface area contributed by atoms with Gasteiger partial charge in [-0.25, -0.2) is 0 Å². The molecule has 144 valence electrons. The summed E-state index contributed by atoms with van der Waals surface area (Å²) in [4.78, 5) is 39.4. The summed E-state index contributed by atoms with van der Waals surface area (Å²) in [6, 6.07) is 10.5. The van der Waals surface area contributed by atoms with Crippen molar-refractivity contribution in [3.05, 3.63) is 65.0 Å². The van der Waals surface area contributed by atoms with E-state index in [1.165, 1.54) is 4.90 Å². The summed E-state index contributed by atoms with van der Waals surface area (Å²) in [5.41, 5.74) is 6.86. The van der Waals surface area contributed by atoms with Crippen molar-refractivity contribution in [1.82, 2.24) is 4.68 Å². The van der Waals surface area contributed by atoms with Crippen molar-refractivity contribution in [3.63, 3.8) is 0 Å². The molecule has 1 aliphatic heterocycles. The number of amides is 3. The molecule has 0 bridgehead atoms. The van der Waals surface area contributed by atoms with Crippen molar-refractivity contribution in [2.75, 3.05) is 10.3 Å². The summed E-state index contributed by atoms with van der Waals surface area (Å²) < 4.78 is 1.73. The van der Waals surface area contributed by atoms with Crippen molar-refractivity contribution in [2.45, 2.75) is 33.6 Å². The number of imide groups is 1. The number of hydrogen-bond donors (Lipinski definition) is 1. The number of fused-ring (bicyclic) bond motifs is 1. The van der Waals surface area contributed by atoms with Gasteiger partial charge in [0.05, 0.1) is 17.5 Å². The van der Waals surface area contributed by atoms with Crippen LogP contribution in [0.25, 0.3) is 0 Å². The summed E-state index contributed by atoms with van der Waals surface area (Å²) in [5.74, 6) is -1.06. The van der Waals surface area contributed by atoms with Crippen LogP contribution in [0.4, 0.5) is 5.69 Å². The molecule has 2 aromatic rings. The molecule has 2 heterocycles. The summed E-state index contributed by atoms with van der Waals surface area (Å²) in [6.07, 6.45) is 3.31. The lowest BCUT2D eigenvalue weighted by Gasteiger charge is -2.18. The van der Waals surface area contributed by atoms with Crippen LogP contribution in [0, 0.1) is 25.7 Å². The average Bonchev–Trinajstić information content (AvgIpc) is 3.12. The Morgan fingerprint density at radius 3 is 2.18 bits per heavy atom. The lowest BCUT2D eigenvalue weighted by atomic mass is 9.82. The number of allylic oxidation sites excluding steroid dienone is 2. The van der Waals surface area contributed by atoms with Gasteiger partial charge < -0.3 is 0 Å². The average molecular weight is 377 g/mol. The number of carbonyl (C=O) groups excluding carboxylic acids is 3. The summed E-state index contributed by atoms with van der Waals surface area (Å²) >= 11 is 0. The van der Waals surface area contributed by atoms with E-state index in [-0.39, 0.29) is 29.6 Å². The second-order valence-electron chi connectivity index (χ2n) is 7.65. The topological polar surface area (TPSA) is 71.4 Å². The molecular weight excluding hydrogens is 354 g/mol. The van der Waals surface area contributed by atoms with Gasteiger partial charge in [0, 0.05) is 17.0 Å². The normalized spacial score (nSPS) is 21.5. The molecule has 1 fully saturated rings. The minimum Gasteiger partial charge on any atom is -0.274 e. The van der Waals surface area contributed by atoms with Crippen LogP contribution >= 0.6 is 0 Å². The summed E-state index contributed by atoms with van der Waals surface area (Å²) in [7, 11) is 0. The number of anilines is 1. The highest BCUT2D eigenvalue weighted by Crippen LogP contribution is 2.39. The second-order valence-corrected chi connectivity index (χ2v) is 7.65. The van der Waals surface area contributed by atoms with Gasteiger partial charge in [-0.15, -0.1) is 0 Å². The van der Waals surface area contributed by atoms with Gasteiger partial charge in [0.25, 0.3) is 5.91 Å². The standard InChI is InChI=1S/C22H23N3O3/c1-13-4-11-18-19(12-13)22(28)24(21(18)27)17-9-7-16(8-10-17)20(26)23-25-14(2)5-6-15(25)3/h4-10,18-19H,11-12H2,1-3H3,(H,23,26)/t18-,19+/m0/s1. The van der Waals surface area contributed by atoms with Crippen molar-refractivity contribution in [3.8, 4) is 0 Å². The lowest BCUT2D eigenvalue weighted by molar-refractivity contribution is -0.122.